The molecule has 15 heavy (non-hydrogen) atoms. The van der Waals surface area contributed by atoms with Crippen molar-refractivity contribution in [2.75, 3.05) is 5.73 Å². The largest absolute Gasteiger partial charge is 0.399 e. The molecule has 1 aromatic heterocycles. The summed E-state index contributed by atoms with van der Waals surface area (Å²) in [6.45, 7) is 2.17. The molecule has 0 bridgehead atoms. The van der Waals surface area contributed by atoms with Crippen LogP contribution in [0.15, 0.2) is 48.8 Å². The average molecular weight is 198 g/mol. The van der Waals surface area contributed by atoms with Crippen LogP contribution < -0.4 is 5.73 Å². The zero-order valence-corrected chi connectivity index (χ0v) is 8.72. The maximum absolute atomic E-state index is 5.76. The summed E-state index contributed by atoms with van der Waals surface area (Å²) in [5, 5.41) is 0. The zero-order valence-electron chi connectivity index (χ0n) is 8.72. The van der Waals surface area contributed by atoms with E-state index < -0.39 is 0 Å². The molecule has 1 heterocycles. The number of pyridine rings is 1. The van der Waals surface area contributed by atoms with Gasteiger partial charge in [-0.1, -0.05) is 19.1 Å². The van der Waals surface area contributed by atoms with E-state index >= 15 is 0 Å². The van der Waals surface area contributed by atoms with Crippen LogP contribution in [0.25, 0.3) is 0 Å². The van der Waals surface area contributed by atoms with Gasteiger partial charge < -0.3 is 5.73 Å². The topological polar surface area (TPSA) is 38.9 Å². The molecule has 2 heteroatoms. The van der Waals surface area contributed by atoms with Crippen LogP contribution >= 0.6 is 0 Å². The zero-order chi connectivity index (χ0) is 10.7. The molecule has 0 aliphatic heterocycles. The second-order valence-electron chi connectivity index (χ2n) is 3.67. The van der Waals surface area contributed by atoms with Crippen LogP contribution in [-0.4, -0.2) is 4.98 Å². The Kier molecular flexibility index (Phi) is 2.68. The predicted octanol–water partition coefficient (Wildman–Crippen LogP) is 2.82. The van der Waals surface area contributed by atoms with Gasteiger partial charge in [0, 0.05) is 24.0 Å². The van der Waals surface area contributed by atoms with Crippen molar-refractivity contribution in [3.05, 3.63) is 59.9 Å². The summed E-state index contributed by atoms with van der Waals surface area (Å²) in [7, 11) is 0. The summed E-state index contributed by atoms with van der Waals surface area (Å²) in [6, 6.07) is 12.1. The van der Waals surface area contributed by atoms with Crippen LogP contribution in [-0.2, 0) is 0 Å². The van der Waals surface area contributed by atoms with Crippen LogP contribution in [0.1, 0.15) is 24.0 Å². The summed E-state index contributed by atoms with van der Waals surface area (Å²) in [4.78, 5) is 4.01. The number of nitrogen functional groups attached to an aromatic ring is 1. The van der Waals surface area contributed by atoms with Crippen molar-refractivity contribution in [2.24, 2.45) is 0 Å². The van der Waals surface area contributed by atoms with Crippen molar-refractivity contribution in [1.29, 1.82) is 0 Å². The fourth-order valence-corrected chi connectivity index (χ4v) is 1.67. The molecule has 0 saturated carbocycles. The number of benzene rings is 1. The maximum atomic E-state index is 5.76. The summed E-state index contributed by atoms with van der Waals surface area (Å²) in [5.74, 6) is 0.358. The third kappa shape index (κ3) is 2.15. The SMILES string of the molecule is CC(c1ccncc1)c1cccc(N)c1. The molecule has 2 N–H and O–H groups in total. The second-order valence-corrected chi connectivity index (χ2v) is 3.67. The molecule has 0 amide bonds. The Hall–Kier alpha value is -1.83. The van der Waals surface area contributed by atoms with Gasteiger partial charge in [0.15, 0.2) is 0 Å². The molecule has 2 rings (SSSR count). The number of anilines is 1. The quantitative estimate of drug-likeness (QED) is 0.753. The van der Waals surface area contributed by atoms with Gasteiger partial charge in [0.2, 0.25) is 0 Å². The summed E-state index contributed by atoms with van der Waals surface area (Å²) in [6.07, 6.45) is 3.64. The fourth-order valence-electron chi connectivity index (χ4n) is 1.67. The monoisotopic (exact) mass is 198 g/mol. The normalized spacial score (nSPS) is 12.3. The highest BCUT2D eigenvalue weighted by molar-refractivity contribution is 5.43. The standard InChI is InChI=1S/C13H14N2/c1-10(11-5-7-15-8-6-11)12-3-2-4-13(14)9-12/h2-10H,14H2,1H3. The Morgan fingerprint density at radius 2 is 1.80 bits per heavy atom. The highest BCUT2D eigenvalue weighted by atomic mass is 14.6. The highest BCUT2D eigenvalue weighted by Crippen LogP contribution is 2.24. The van der Waals surface area contributed by atoms with E-state index in [1.54, 1.807) is 0 Å². The van der Waals surface area contributed by atoms with E-state index in [1.807, 2.05) is 42.7 Å². The summed E-state index contributed by atoms with van der Waals surface area (Å²) >= 11 is 0. The lowest BCUT2D eigenvalue weighted by Crippen LogP contribution is -1.97. The van der Waals surface area contributed by atoms with E-state index in [9.17, 15) is 0 Å². The number of aromatic nitrogens is 1. The van der Waals surface area contributed by atoms with E-state index in [4.69, 9.17) is 5.73 Å². The third-order valence-electron chi connectivity index (χ3n) is 2.62. The number of rotatable bonds is 2. The molecular formula is C13H14N2. The van der Waals surface area contributed by atoms with E-state index in [0.717, 1.165) is 5.69 Å². The van der Waals surface area contributed by atoms with Gasteiger partial charge in [0.25, 0.3) is 0 Å². The van der Waals surface area contributed by atoms with Gasteiger partial charge >= 0.3 is 0 Å². The van der Waals surface area contributed by atoms with Crippen LogP contribution in [0.4, 0.5) is 5.69 Å². The van der Waals surface area contributed by atoms with E-state index in [0.29, 0.717) is 5.92 Å². The molecule has 0 spiro atoms. The van der Waals surface area contributed by atoms with Gasteiger partial charge in [0.1, 0.15) is 0 Å². The summed E-state index contributed by atoms with van der Waals surface area (Å²) < 4.78 is 0. The van der Waals surface area contributed by atoms with Gasteiger partial charge in [0.05, 0.1) is 0 Å². The van der Waals surface area contributed by atoms with Crippen molar-refractivity contribution in [2.45, 2.75) is 12.8 Å². The molecule has 0 aliphatic rings. The minimum atomic E-state index is 0.358. The Bertz CT molecular complexity index is 437. The lowest BCUT2D eigenvalue weighted by atomic mass is 9.94. The van der Waals surface area contributed by atoms with E-state index in [2.05, 4.69) is 18.0 Å². The first kappa shape index (κ1) is 9.71. The molecule has 2 aromatic rings. The lowest BCUT2D eigenvalue weighted by Gasteiger charge is -2.12. The first-order valence-corrected chi connectivity index (χ1v) is 5.03. The van der Waals surface area contributed by atoms with E-state index in [1.165, 1.54) is 11.1 Å². The highest BCUT2D eigenvalue weighted by Gasteiger charge is 2.07. The summed E-state index contributed by atoms with van der Waals surface area (Å²) in [5.41, 5.74) is 9.07. The molecular weight excluding hydrogens is 184 g/mol. The fraction of sp³-hybridized carbons (Fsp3) is 0.154. The molecule has 0 saturated heterocycles. The van der Waals surface area contributed by atoms with Crippen molar-refractivity contribution < 1.29 is 0 Å². The number of nitrogens with two attached hydrogens (primary N) is 1. The van der Waals surface area contributed by atoms with Gasteiger partial charge in [-0.25, -0.2) is 0 Å². The first-order chi connectivity index (χ1) is 7.27. The lowest BCUT2D eigenvalue weighted by molar-refractivity contribution is 0.918. The van der Waals surface area contributed by atoms with Crippen LogP contribution in [0.5, 0.6) is 0 Å². The number of nitrogens with zero attached hydrogens (tertiary/aromatic N) is 1. The van der Waals surface area contributed by atoms with Gasteiger partial charge in [-0.3, -0.25) is 4.98 Å². The Balaban J connectivity index is 2.32. The second kappa shape index (κ2) is 4.13. The average Bonchev–Trinajstić information content (AvgIpc) is 2.29. The van der Waals surface area contributed by atoms with Gasteiger partial charge in [-0.05, 0) is 35.4 Å². The smallest absolute Gasteiger partial charge is 0.0316 e. The van der Waals surface area contributed by atoms with Crippen molar-refractivity contribution in [1.82, 2.24) is 4.98 Å². The molecule has 0 fully saturated rings. The van der Waals surface area contributed by atoms with Crippen molar-refractivity contribution in [3.63, 3.8) is 0 Å². The van der Waals surface area contributed by atoms with Crippen LogP contribution in [0.2, 0.25) is 0 Å². The van der Waals surface area contributed by atoms with Crippen LogP contribution in [0.3, 0.4) is 0 Å². The van der Waals surface area contributed by atoms with Crippen LogP contribution in [0, 0.1) is 0 Å². The Labute approximate surface area is 89.8 Å². The molecule has 1 aromatic carbocycles. The minimum Gasteiger partial charge on any atom is -0.399 e. The van der Waals surface area contributed by atoms with Crippen molar-refractivity contribution in [3.8, 4) is 0 Å². The van der Waals surface area contributed by atoms with Gasteiger partial charge in [-0.15, -0.1) is 0 Å². The Morgan fingerprint density at radius 1 is 1.07 bits per heavy atom. The van der Waals surface area contributed by atoms with Gasteiger partial charge in [-0.2, -0.15) is 0 Å². The minimum absolute atomic E-state index is 0.358. The molecule has 1 atom stereocenters. The Morgan fingerprint density at radius 3 is 2.47 bits per heavy atom. The molecule has 76 valence electrons. The predicted molar refractivity (Wildman–Crippen MR) is 62.6 cm³/mol. The number of hydrogen-bond donors (Lipinski definition) is 1. The molecule has 0 radical (unpaired) electrons. The first-order valence-electron chi connectivity index (χ1n) is 5.03. The third-order valence-corrected chi connectivity index (χ3v) is 2.62. The molecule has 1 unspecified atom stereocenters. The number of hydrogen-bond acceptors (Lipinski definition) is 2. The maximum Gasteiger partial charge on any atom is 0.0316 e. The molecule has 2 nitrogen and oxygen atoms in total. The molecule has 0 aliphatic carbocycles. The van der Waals surface area contributed by atoms with Crippen molar-refractivity contribution >= 4 is 5.69 Å². The van der Waals surface area contributed by atoms with E-state index in [-0.39, 0.29) is 0 Å².